The number of amides is 1. The molecule has 2 aromatic carbocycles. The zero-order chi connectivity index (χ0) is 20.5. The van der Waals surface area contributed by atoms with Crippen LogP contribution in [-0.4, -0.2) is 33.2 Å². The monoisotopic (exact) mass is 426 g/mol. The highest BCUT2D eigenvalue weighted by molar-refractivity contribution is 7.92. The van der Waals surface area contributed by atoms with E-state index < -0.39 is 16.1 Å². The molecule has 1 N–H and O–H groups in total. The smallest absolute Gasteiger partial charge is 0.261 e. The Balaban J connectivity index is 1.81. The Hall–Kier alpha value is -2.32. The van der Waals surface area contributed by atoms with Crippen molar-refractivity contribution in [2.45, 2.75) is 25.5 Å². The van der Waals surface area contributed by atoms with E-state index in [1.807, 2.05) is 0 Å². The lowest BCUT2D eigenvalue weighted by molar-refractivity contribution is -0.128. The van der Waals surface area contributed by atoms with Crippen LogP contribution in [0.25, 0.3) is 0 Å². The fourth-order valence-electron chi connectivity index (χ4n) is 3.02. The number of hydrogen-bond acceptors (Lipinski definition) is 4. The number of rotatable bonds is 4. The number of anilines is 1. The predicted octanol–water partition coefficient (Wildman–Crippen LogP) is 3.27. The first-order valence-electron chi connectivity index (χ1n) is 8.65. The van der Waals surface area contributed by atoms with Crippen LogP contribution in [0.1, 0.15) is 24.9 Å². The van der Waals surface area contributed by atoms with Gasteiger partial charge in [0.15, 0.2) is 6.10 Å². The molecule has 2 atom stereocenters. The molecule has 3 rings (SSSR count). The molecule has 150 valence electrons. The second-order valence-electron chi connectivity index (χ2n) is 6.62. The molecule has 0 radical (unpaired) electrons. The molecule has 0 spiro atoms. The topological polar surface area (TPSA) is 75.7 Å². The van der Waals surface area contributed by atoms with Gasteiger partial charge < -0.3 is 10.1 Å². The fourth-order valence-corrected chi connectivity index (χ4v) is 4.13. The molecule has 0 aliphatic carbocycles. The average molecular weight is 427 g/mol. The maximum atomic E-state index is 13.1. The molecule has 0 saturated heterocycles. The third-order valence-electron chi connectivity index (χ3n) is 4.47. The molecule has 1 aliphatic rings. The van der Waals surface area contributed by atoms with Gasteiger partial charge in [0.2, 0.25) is 10.0 Å². The zero-order valence-electron chi connectivity index (χ0n) is 15.4. The van der Waals surface area contributed by atoms with E-state index in [0.717, 1.165) is 11.8 Å². The van der Waals surface area contributed by atoms with Crippen molar-refractivity contribution in [2.24, 2.45) is 0 Å². The summed E-state index contributed by atoms with van der Waals surface area (Å²) in [6.45, 7) is 1.85. The van der Waals surface area contributed by atoms with Gasteiger partial charge in [-0.25, -0.2) is 12.8 Å². The highest BCUT2D eigenvalue weighted by Crippen LogP contribution is 2.36. The summed E-state index contributed by atoms with van der Waals surface area (Å²) in [6, 6.07) is 10.1. The van der Waals surface area contributed by atoms with Crippen molar-refractivity contribution >= 4 is 33.2 Å². The Kier molecular flexibility index (Phi) is 5.81. The first kappa shape index (κ1) is 20.4. The Bertz CT molecular complexity index is 982. The number of sulfonamides is 1. The summed E-state index contributed by atoms with van der Waals surface area (Å²) < 4.78 is 44.4. The van der Waals surface area contributed by atoms with E-state index in [9.17, 15) is 17.6 Å². The quantitative estimate of drug-likeness (QED) is 0.814. The Morgan fingerprint density at radius 1 is 1.29 bits per heavy atom. The van der Waals surface area contributed by atoms with Crippen LogP contribution < -0.4 is 14.4 Å². The minimum atomic E-state index is -3.57. The lowest BCUT2D eigenvalue weighted by Gasteiger charge is -2.21. The summed E-state index contributed by atoms with van der Waals surface area (Å²) in [6.07, 6.45) is 0.380. The number of nitrogens with one attached hydrogen (secondary N) is 1. The van der Waals surface area contributed by atoms with E-state index >= 15 is 0 Å². The van der Waals surface area contributed by atoms with Crippen molar-refractivity contribution in [3.8, 4) is 5.75 Å². The number of carbonyl (C=O) groups excluding carboxylic acids is 1. The van der Waals surface area contributed by atoms with E-state index in [-0.39, 0.29) is 36.5 Å². The molecule has 2 aromatic rings. The van der Waals surface area contributed by atoms with Gasteiger partial charge in [-0.15, -0.1) is 0 Å². The van der Waals surface area contributed by atoms with Gasteiger partial charge in [0.1, 0.15) is 11.6 Å². The SMILES string of the molecule is C[C@@H](NC(=O)[C@H]1CCN(S(C)(=O)=O)c2cc(Cl)ccc2O1)c1ccc(F)cc1. The standard InChI is InChI=1S/C19H20ClFN2O4S/c1-12(13-3-6-15(21)7-4-13)22-19(24)18-9-10-23(28(2,25)26)16-11-14(20)5-8-17(16)27-18/h3-8,11-12,18H,9-10H2,1-2H3,(H,22,24)/t12-,18-/m1/s1. The number of fused-ring (bicyclic) bond motifs is 1. The minimum Gasteiger partial charge on any atom is -0.478 e. The normalized spacial score (nSPS) is 17.9. The van der Waals surface area contributed by atoms with Crippen molar-refractivity contribution in [3.63, 3.8) is 0 Å². The molecule has 1 amide bonds. The van der Waals surface area contributed by atoms with Gasteiger partial charge in [-0.1, -0.05) is 23.7 Å². The van der Waals surface area contributed by atoms with Crippen LogP contribution in [0.5, 0.6) is 5.75 Å². The number of ether oxygens (including phenoxy) is 1. The molecule has 0 unspecified atom stereocenters. The van der Waals surface area contributed by atoms with E-state index in [1.165, 1.54) is 22.5 Å². The first-order valence-corrected chi connectivity index (χ1v) is 10.9. The van der Waals surface area contributed by atoms with Gasteiger partial charge in [0, 0.05) is 18.0 Å². The van der Waals surface area contributed by atoms with Gasteiger partial charge in [-0.2, -0.15) is 0 Å². The number of benzene rings is 2. The van der Waals surface area contributed by atoms with Crippen LogP contribution in [0.15, 0.2) is 42.5 Å². The summed E-state index contributed by atoms with van der Waals surface area (Å²) in [5.41, 5.74) is 1.05. The summed E-state index contributed by atoms with van der Waals surface area (Å²) in [4.78, 5) is 12.7. The Morgan fingerprint density at radius 2 is 1.96 bits per heavy atom. The molecule has 6 nitrogen and oxygen atoms in total. The molecule has 1 aliphatic heterocycles. The predicted molar refractivity (Wildman–Crippen MR) is 106 cm³/mol. The third-order valence-corrected chi connectivity index (χ3v) is 5.89. The second kappa shape index (κ2) is 7.97. The second-order valence-corrected chi connectivity index (χ2v) is 8.97. The van der Waals surface area contributed by atoms with Crippen LogP contribution in [0, 0.1) is 5.82 Å². The summed E-state index contributed by atoms with van der Waals surface area (Å²) >= 11 is 6.01. The van der Waals surface area contributed by atoms with Crippen LogP contribution >= 0.6 is 11.6 Å². The number of nitrogens with zero attached hydrogens (tertiary/aromatic N) is 1. The third kappa shape index (κ3) is 4.56. The van der Waals surface area contributed by atoms with Gasteiger partial charge >= 0.3 is 0 Å². The number of halogens is 2. The number of hydrogen-bond donors (Lipinski definition) is 1. The molecular weight excluding hydrogens is 407 g/mol. The molecule has 0 saturated carbocycles. The summed E-state index contributed by atoms with van der Waals surface area (Å²) in [5, 5.41) is 3.19. The zero-order valence-corrected chi connectivity index (χ0v) is 16.9. The van der Waals surface area contributed by atoms with Crippen LogP contribution in [-0.2, 0) is 14.8 Å². The maximum Gasteiger partial charge on any atom is 0.261 e. The maximum absolute atomic E-state index is 13.1. The molecular formula is C19H20ClFN2O4S. The van der Waals surface area contributed by atoms with Crippen molar-refractivity contribution in [2.75, 3.05) is 17.1 Å². The van der Waals surface area contributed by atoms with E-state index in [0.29, 0.717) is 10.7 Å². The van der Waals surface area contributed by atoms with Crippen LogP contribution in [0.4, 0.5) is 10.1 Å². The summed E-state index contributed by atoms with van der Waals surface area (Å²) in [5.74, 6) is -0.472. The Labute approximate surface area is 168 Å². The van der Waals surface area contributed by atoms with Crippen molar-refractivity contribution < 1.29 is 22.3 Å². The molecule has 9 heteroatoms. The van der Waals surface area contributed by atoms with E-state index in [4.69, 9.17) is 16.3 Å². The number of carbonyl (C=O) groups is 1. The molecule has 0 fully saturated rings. The fraction of sp³-hybridized carbons (Fsp3) is 0.316. The van der Waals surface area contributed by atoms with Gasteiger partial charge in [-0.3, -0.25) is 9.10 Å². The van der Waals surface area contributed by atoms with Gasteiger partial charge in [-0.05, 0) is 42.8 Å². The Morgan fingerprint density at radius 3 is 2.61 bits per heavy atom. The molecule has 0 bridgehead atoms. The van der Waals surface area contributed by atoms with E-state index in [2.05, 4.69) is 5.32 Å². The molecule has 0 aromatic heterocycles. The highest BCUT2D eigenvalue weighted by atomic mass is 35.5. The lowest BCUT2D eigenvalue weighted by Crippen LogP contribution is -2.40. The molecule has 28 heavy (non-hydrogen) atoms. The highest BCUT2D eigenvalue weighted by Gasteiger charge is 2.32. The molecule has 1 heterocycles. The lowest BCUT2D eigenvalue weighted by atomic mass is 10.1. The van der Waals surface area contributed by atoms with Crippen molar-refractivity contribution in [3.05, 3.63) is 58.9 Å². The first-order chi connectivity index (χ1) is 13.1. The van der Waals surface area contributed by atoms with Crippen LogP contribution in [0.2, 0.25) is 5.02 Å². The van der Waals surface area contributed by atoms with Crippen LogP contribution in [0.3, 0.4) is 0 Å². The van der Waals surface area contributed by atoms with E-state index in [1.54, 1.807) is 31.2 Å². The largest absolute Gasteiger partial charge is 0.478 e. The van der Waals surface area contributed by atoms with Gasteiger partial charge in [0.05, 0.1) is 18.0 Å². The summed E-state index contributed by atoms with van der Waals surface area (Å²) in [7, 11) is -3.57. The van der Waals surface area contributed by atoms with Gasteiger partial charge in [0.25, 0.3) is 5.91 Å². The van der Waals surface area contributed by atoms with Crippen molar-refractivity contribution in [1.82, 2.24) is 5.32 Å². The minimum absolute atomic E-state index is 0.0786. The van der Waals surface area contributed by atoms with Crippen molar-refractivity contribution in [1.29, 1.82) is 0 Å². The average Bonchev–Trinajstić information content (AvgIpc) is 2.81.